The number of alkyl halides is 1. The van der Waals surface area contributed by atoms with Gasteiger partial charge in [-0.25, -0.2) is 13.1 Å². The van der Waals surface area contributed by atoms with Gasteiger partial charge in [0.25, 0.3) is 0 Å². The van der Waals surface area contributed by atoms with E-state index in [2.05, 4.69) is 25.8 Å². The quantitative estimate of drug-likeness (QED) is 0.415. The van der Waals surface area contributed by atoms with Gasteiger partial charge in [0.15, 0.2) is 0 Å². The van der Waals surface area contributed by atoms with Crippen LogP contribution in [0, 0.1) is 12.8 Å². The molecule has 0 bridgehead atoms. The van der Waals surface area contributed by atoms with Crippen LogP contribution in [-0.4, -0.2) is 31.1 Å². The predicted octanol–water partition coefficient (Wildman–Crippen LogP) is 3.86. The van der Waals surface area contributed by atoms with E-state index in [-0.39, 0.29) is 22.2 Å². The minimum absolute atomic E-state index is 0.0828. The summed E-state index contributed by atoms with van der Waals surface area (Å²) in [6.45, 7) is 11.7. The smallest absolute Gasteiger partial charge is 0.240 e. The lowest BCUT2D eigenvalue weighted by atomic mass is 10.1. The number of halogens is 1. The molecule has 0 heterocycles. The van der Waals surface area contributed by atoms with Crippen molar-refractivity contribution in [3.8, 4) is 0 Å². The van der Waals surface area contributed by atoms with Crippen molar-refractivity contribution >= 4 is 31.7 Å². The molecular formula is C17H27BrN2O3S. The predicted molar refractivity (Wildman–Crippen MR) is 102 cm³/mol. The Morgan fingerprint density at radius 1 is 1.25 bits per heavy atom. The van der Waals surface area contributed by atoms with E-state index in [9.17, 15) is 8.42 Å². The highest BCUT2D eigenvalue weighted by molar-refractivity contribution is 9.10. The standard InChI is InChI=1S/C17H27BrN2O3S/c1-12(2)16(18)15(20-23-17(4,5)6)11-19-24(21,22)14-9-7-13(3)8-10-14/h7-10,12,16,19H,11H2,1-6H3/b20-15+. The van der Waals surface area contributed by atoms with Crippen LogP contribution in [0.25, 0.3) is 0 Å². The molecule has 0 saturated carbocycles. The summed E-state index contributed by atoms with van der Waals surface area (Å²) < 4.78 is 27.4. The highest BCUT2D eigenvalue weighted by Crippen LogP contribution is 2.17. The largest absolute Gasteiger partial charge is 0.390 e. The molecule has 24 heavy (non-hydrogen) atoms. The number of oxime groups is 1. The van der Waals surface area contributed by atoms with E-state index in [1.54, 1.807) is 24.3 Å². The molecule has 1 N–H and O–H groups in total. The first-order chi connectivity index (χ1) is 10.9. The summed E-state index contributed by atoms with van der Waals surface area (Å²) in [5.74, 6) is 0.246. The zero-order valence-electron chi connectivity index (χ0n) is 15.1. The summed E-state index contributed by atoms with van der Waals surface area (Å²) in [5.41, 5.74) is 1.18. The minimum Gasteiger partial charge on any atom is -0.390 e. The Hall–Kier alpha value is -0.920. The highest BCUT2D eigenvalue weighted by atomic mass is 79.9. The monoisotopic (exact) mass is 418 g/mol. The van der Waals surface area contributed by atoms with Gasteiger partial charge in [-0.3, -0.25) is 0 Å². The molecule has 0 aliphatic rings. The Morgan fingerprint density at radius 2 is 1.79 bits per heavy atom. The van der Waals surface area contributed by atoms with Gasteiger partial charge < -0.3 is 4.84 Å². The Balaban J connectivity index is 2.92. The fraction of sp³-hybridized carbons (Fsp3) is 0.588. The van der Waals surface area contributed by atoms with Crippen LogP contribution in [0.3, 0.4) is 0 Å². The van der Waals surface area contributed by atoms with E-state index in [0.29, 0.717) is 5.71 Å². The lowest BCUT2D eigenvalue weighted by molar-refractivity contribution is 0.000315. The molecule has 136 valence electrons. The second-order valence-electron chi connectivity index (χ2n) is 7.07. The molecule has 0 amide bonds. The van der Waals surface area contributed by atoms with Crippen LogP contribution in [0.2, 0.25) is 0 Å². The van der Waals surface area contributed by atoms with Gasteiger partial charge in [0, 0.05) is 0 Å². The lowest BCUT2D eigenvalue weighted by Gasteiger charge is -2.21. The number of aryl methyl sites for hydroxylation is 1. The molecular weight excluding hydrogens is 392 g/mol. The zero-order valence-corrected chi connectivity index (χ0v) is 17.5. The SMILES string of the molecule is Cc1ccc(S(=O)(=O)NC/C(=N\OC(C)(C)C)C(Br)C(C)C)cc1. The molecule has 1 atom stereocenters. The van der Waals surface area contributed by atoms with Crippen molar-refractivity contribution in [3.05, 3.63) is 29.8 Å². The van der Waals surface area contributed by atoms with E-state index in [1.165, 1.54) is 0 Å². The van der Waals surface area contributed by atoms with Crippen molar-refractivity contribution in [2.45, 2.75) is 56.9 Å². The third-order valence-corrected chi connectivity index (χ3v) is 6.12. The maximum absolute atomic E-state index is 12.4. The number of benzene rings is 1. The zero-order chi connectivity index (χ0) is 18.5. The molecule has 0 aliphatic carbocycles. The summed E-state index contributed by atoms with van der Waals surface area (Å²) in [5, 5.41) is 4.17. The van der Waals surface area contributed by atoms with Crippen molar-refractivity contribution in [3.63, 3.8) is 0 Å². The van der Waals surface area contributed by atoms with E-state index < -0.39 is 15.6 Å². The van der Waals surface area contributed by atoms with Gasteiger partial charge >= 0.3 is 0 Å². The number of sulfonamides is 1. The van der Waals surface area contributed by atoms with E-state index >= 15 is 0 Å². The Bertz CT molecular complexity index is 662. The molecule has 0 fully saturated rings. The van der Waals surface area contributed by atoms with Crippen molar-refractivity contribution < 1.29 is 13.3 Å². The van der Waals surface area contributed by atoms with Crippen molar-refractivity contribution in [1.29, 1.82) is 0 Å². The molecule has 0 spiro atoms. The van der Waals surface area contributed by atoms with Gasteiger partial charge in [0.05, 0.1) is 22.0 Å². The van der Waals surface area contributed by atoms with Crippen molar-refractivity contribution in [2.75, 3.05) is 6.54 Å². The lowest BCUT2D eigenvalue weighted by Crippen LogP contribution is -2.36. The second kappa shape index (κ2) is 8.45. The van der Waals surface area contributed by atoms with Gasteiger partial charge in [-0.2, -0.15) is 0 Å². The molecule has 0 aliphatic heterocycles. The maximum Gasteiger partial charge on any atom is 0.240 e. The first kappa shape index (κ1) is 21.1. The van der Waals surface area contributed by atoms with Crippen LogP contribution in [0.1, 0.15) is 40.2 Å². The Morgan fingerprint density at radius 3 is 2.25 bits per heavy atom. The number of rotatable bonds is 7. The first-order valence-corrected chi connectivity index (χ1v) is 10.3. The number of nitrogens with one attached hydrogen (secondary N) is 1. The van der Waals surface area contributed by atoms with Gasteiger partial charge in [-0.05, 0) is 45.7 Å². The van der Waals surface area contributed by atoms with Crippen molar-refractivity contribution in [1.82, 2.24) is 4.72 Å². The van der Waals surface area contributed by atoms with Crippen molar-refractivity contribution in [2.24, 2.45) is 11.1 Å². The van der Waals surface area contributed by atoms with Crippen LogP contribution >= 0.6 is 15.9 Å². The summed E-state index contributed by atoms with van der Waals surface area (Å²) in [4.78, 5) is 5.63. The first-order valence-electron chi connectivity index (χ1n) is 7.88. The maximum atomic E-state index is 12.4. The van der Waals surface area contributed by atoms with Gasteiger partial charge in [-0.15, -0.1) is 0 Å². The summed E-state index contributed by atoms with van der Waals surface area (Å²) in [7, 11) is -3.59. The summed E-state index contributed by atoms with van der Waals surface area (Å²) in [6, 6.07) is 6.73. The van der Waals surface area contributed by atoms with Crippen LogP contribution in [0.4, 0.5) is 0 Å². The molecule has 1 unspecified atom stereocenters. The van der Waals surface area contributed by atoms with Crippen LogP contribution in [0.5, 0.6) is 0 Å². The molecule has 1 rings (SSSR count). The summed E-state index contributed by atoms with van der Waals surface area (Å²) >= 11 is 3.56. The molecule has 1 aromatic rings. The fourth-order valence-electron chi connectivity index (χ4n) is 1.73. The van der Waals surface area contributed by atoms with Gasteiger partial charge in [0.2, 0.25) is 10.0 Å². The molecule has 0 radical (unpaired) electrons. The third kappa shape index (κ3) is 6.91. The highest BCUT2D eigenvalue weighted by Gasteiger charge is 2.22. The molecule has 1 aromatic carbocycles. The third-order valence-electron chi connectivity index (χ3n) is 3.11. The number of nitrogens with zero attached hydrogens (tertiary/aromatic N) is 1. The van der Waals surface area contributed by atoms with E-state index in [0.717, 1.165) is 5.56 Å². The van der Waals surface area contributed by atoms with E-state index in [4.69, 9.17) is 4.84 Å². The minimum atomic E-state index is -3.59. The van der Waals surface area contributed by atoms with Crippen LogP contribution in [-0.2, 0) is 14.9 Å². The molecule has 0 aromatic heterocycles. The normalized spacial score (nSPS) is 14.8. The number of hydrogen-bond acceptors (Lipinski definition) is 4. The van der Waals surface area contributed by atoms with Gasteiger partial charge in [0.1, 0.15) is 5.60 Å². The fourth-order valence-corrected chi connectivity index (χ4v) is 2.97. The molecule has 5 nitrogen and oxygen atoms in total. The number of hydrogen-bond donors (Lipinski definition) is 1. The molecule has 7 heteroatoms. The average Bonchev–Trinajstić information content (AvgIpc) is 2.46. The Kier molecular flexibility index (Phi) is 7.44. The van der Waals surface area contributed by atoms with Crippen LogP contribution in [0.15, 0.2) is 34.3 Å². The van der Waals surface area contributed by atoms with E-state index in [1.807, 2.05) is 41.5 Å². The van der Waals surface area contributed by atoms with Gasteiger partial charge in [-0.1, -0.05) is 52.6 Å². The van der Waals surface area contributed by atoms with Crippen LogP contribution < -0.4 is 4.72 Å². The average molecular weight is 419 g/mol. The second-order valence-corrected chi connectivity index (χ2v) is 9.82. The topological polar surface area (TPSA) is 67.8 Å². The molecule has 0 saturated heterocycles. The Labute approximate surface area is 154 Å². The summed E-state index contributed by atoms with van der Waals surface area (Å²) in [6.07, 6.45) is 0.